The van der Waals surface area contributed by atoms with Crippen molar-refractivity contribution in [3.63, 3.8) is 0 Å². The summed E-state index contributed by atoms with van der Waals surface area (Å²) >= 11 is 0. The van der Waals surface area contributed by atoms with Gasteiger partial charge in [0.15, 0.2) is 6.61 Å². The first kappa shape index (κ1) is 16.0. The van der Waals surface area contributed by atoms with Crippen molar-refractivity contribution in [3.05, 3.63) is 59.7 Å². The van der Waals surface area contributed by atoms with Crippen LogP contribution in [0.25, 0.3) is 0 Å². The van der Waals surface area contributed by atoms with Crippen LogP contribution in [0.3, 0.4) is 0 Å². The molecule has 0 spiro atoms. The fraction of sp³-hybridized carbons (Fsp3) is 0.0625. The molecule has 0 bridgehead atoms. The standard InChI is InChI=1S/C16H13NO6/c18-14(9-23-13-4-2-1-3-5-13)17-12-7-10(15(19)20)6-11(8-12)16(21)22/h1-8H,9H2,(H,17,18)(H,19,20)(H,21,22). The van der Waals surface area contributed by atoms with Gasteiger partial charge in [0.2, 0.25) is 0 Å². The van der Waals surface area contributed by atoms with Crippen molar-refractivity contribution >= 4 is 23.5 Å². The second-order valence-corrected chi connectivity index (χ2v) is 4.56. The second-order valence-electron chi connectivity index (χ2n) is 4.56. The van der Waals surface area contributed by atoms with Crippen LogP contribution in [0.5, 0.6) is 5.75 Å². The number of rotatable bonds is 6. The van der Waals surface area contributed by atoms with Crippen molar-refractivity contribution in [2.24, 2.45) is 0 Å². The SMILES string of the molecule is O=C(COc1ccccc1)Nc1cc(C(=O)O)cc(C(=O)O)c1. The molecule has 0 saturated carbocycles. The minimum Gasteiger partial charge on any atom is -0.484 e. The van der Waals surface area contributed by atoms with Gasteiger partial charge in [0, 0.05) is 5.69 Å². The van der Waals surface area contributed by atoms with Crippen LogP contribution < -0.4 is 10.1 Å². The van der Waals surface area contributed by atoms with Crippen LogP contribution in [0.2, 0.25) is 0 Å². The molecular weight excluding hydrogens is 302 g/mol. The molecule has 0 heterocycles. The van der Waals surface area contributed by atoms with Gasteiger partial charge in [-0.05, 0) is 30.3 Å². The number of ether oxygens (including phenoxy) is 1. The van der Waals surface area contributed by atoms with Crippen LogP contribution in [0.15, 0.2) is 48.5 Å². The van der Waals surface area contributed by atoms with E-state index in [1.54, 1.807) is 30.3 Å². The Morgan fingerprint density at radius 3 is 2.00 bits per heavy atom. The molecule has 0 radical (unpaired) electrons. The van der Waals surface area contributed by atoms with E-state index in [9.17, 15) is 14.4 Å². The largest absolute Gasteiger partial charge is 0.484 e. The zero-order valence-corrected chi connectivity index (χ0v) is 11.9. The van der Waals surface area contributed by atoms with E-state index < -0.39 is 17.8 Å². The van der Waals surface area contributed by atoms with Crippen molar-refractivity contribution in [3.8, 4) is 5.75 Å². The number of aromatic carboxylic acids is 2. The van der Waals surface area contributed by atoms with Gasteiger partial charge >= 0.3 is 11.9 Å². The second kappa shape index (κ2) is 7.08. The molecule has 7 nitrogen and oxygen atoms in total. The van der Waals surface area contributed by atoms with Crippen molar-refractivity contribution in [1.82, 2.24) is 0 Å². The Morgan fingerprint density at radius 1 is 0.913 bits per heavy atom. The Hall–Kier alpha value is -3.35. The van der Waals surface area contributed by atoms with Crippen molar-refractivity contribution in [2.75, 3.05) is 11.9 Å². The summed E-state index contributed by atoms with van der Waals surface area (Å²) in [5, 5.41) is 20.4. The predicted molar refractivity (Wildman–Crippen MR) is 80.9 cm³/mol. The highest BCUT2D eigenvalue weighted by Gasteiger charge is 2.13. The Bertz CT molecular complexity index is 709. The molecule has 2 rings (SSSR count). The Balaban J connectivity index is 2.07. The number of hydrogen-bond donors (Lipinski definition) is 3. The number of carboxylic acid groups (broad SMARTS) is 2. The van der Waals surface area contributed by atoms with Gasteiger partial charge in [-0.15, -0.1) is 0 Å². The molecule has 1 amide bonds. The number of anilines is 1. The fourth-order valence-electron chi connectivity index (χ4n) is 1.81. The maximum atomic E-state index is 11.8. The minimum absolute atomic E-state index is 0.0731. The van der Waals surface area contributed by atoms with Crippen molar-refractivity contribution < 1.29 is 29.3 Å². The van der Waals surface area contributed by atoms with Gasteiger partial charge in [-0.3, -0.25) is 4.79 Å². The number of carbonyl (C=O) groups excluding carboxylic acids is 1. The first-order valence-electron chi connectivity index (χ1n) is 6.55. The summed E-state index contributed by atoms with van der Waals surface area (Å²) in [5.41, 5.74) is -0.391. The highest BCUT2D eigenvalue weighted by molar-refractivity contribution is 5.98. The molecule has 2 aromatic carbocycles. The van der Waals surface area contributed by atoms with Crippen LogP contribution in [-0.4, -0.2) is 34.7 Å². The average Bonchev–Trinajstić information content (AvgIpc) is 2.53. The van der Waals surface area contributed by atoms with E-state index in [0.717, 1.165) is 6.07 Å². The summed E-state index contributed by atoms with van der Waals surface area (Å²) in [7, 11) is 0. The lowest BCUT2D eigenvalue weighted by atomic mass is 10.1. The lowest BCUT2D eigenvalue weighted by molar-refractivity contribution is -0.118. The van der Waals surface area contributed by atoms with Gasteiger partial charge < -0.3 is 20.3 Å². The van der Waals surface area contributed by atoms with Crippen LogP contribution in [0.1, 0.15) is 20.7 Å². The van der Waals surface area contributed by atoms with Crippen LogP contribution >= 0.6 is 0 Å². The first-order chi connectivity index (χ1) is 11.0. The highest BCUT2D eigenvalue weighted by atomic mass is 16.5. The van der Waals surface area contributed by atoms with E-state index in [4.69, 9.17) is 14.9 Å². The third kappa shape index (κ3) is 4.57. The normalized spacial score (nSPS) is 9.91. The molecule has 0 aliphatic carbocycles. The van der Waals surface area contributed by atoms with Crippen LogP contribution in [-0.2, 0) is 4.79 Å². The van der Waals surface area contributed by atoms with Gasteiger partial charge in [0.1, 0.15) is 5.75 Å². The van der Waals surface area contributed by atoms with Crippen molar-refractivity contribution in [2.45, 2.75) is 0 Å². The number of hydrogen-bond acceptors (Lipinski definition) is 4. The first-order valence-corrected chi connectivity index (χ1v) is 6.55. The quantitative estimate of drug-likeness (QED) is 0.752. The Morgan fingerprint density at radius 2 is 1.48 bits per heavy atom. The summed E-state index contributed by atoms with van der Waals surface area (Å²) in [6.45, 7) is -0.288. The van der Waals surface area contributed by atoms with E-state index >= 15 is 0 Å². The zero-order chi connectivity index (χ0) is 16.8. The Labute approximate surface area is 131 Å². The lowest BCUT2D eigenvalue weighted by Crippen LogP contribution is -2.20. The van der Waals surface area contributed by atoms with Crippen molar-refractivity contribution in [1.29, 1.82) is 0 Å². The number of carbonyl (C=O) groups is 3. The summed E-state index contributed by atoms with van der Waals surface area (Å²) in [5.74, 6) is -2.60. The highest BCUT2D eigenvalue weighted by Crippen LogP contribution is 2.16. The van der Waals surface area contributed by atoms with Gasteiger partial charge in [-0.2, -0.15) is 0 Å². The summed E-state index contributed by atoms with van der Waals surface area (Å²) in [4.78, 5) is 33.8. The summed E-state index contributed by atoms with van der Waals surface area (Å²) in [6, 6.07) is 12.0. The molecule has 0 saturated heterocycles. The number of para-hydroxylation sites is 1. The summed E-state index contributed by atoms with van der Waals surface area (Å²) < 4.78 is 5.25. The summed E-state index contributed by atoms with van der Waals surface area (Å²) in [6.07, 6.45) is 0. The molecular formula is C16H13NO6. The lowest BCUT2D eigenvalue weighted by Gasteiger charge is -2.09. The number of benzene rings is 2. The van der Waals surface area contributed by atoms with E-state index in [2.05, 4.69) is 5.32 Å². The van der Waals surface area contributed by atoms with Crippen LogP contribution in [0, 0.1) is 0 Å². The topological polar surface area (TPSA) is 113 Å². The fourth-order valence-corrected chi connectivity index (χ4v) is 1.81. The molecule has 7 heteroatoms. The van der Waals surface area contributed by atoms with Crippen LogP contribution in [0.4, 0.5) is 5.69 Å². The van der Waals surface area contributed by atoms with Gasteiger partial charge in [0.05, 0.1) is 11.1 Å². The Kier molecular flexibility index (Phi) is 4.93. The molecule has 0 aromatic heterocycles. The number of nitrogens with one attached hydrogen (secondary N) is 1. The molecule has 0 unspecified atom stereocenters. The van der Waals surface area contributed by atoms with E-state index in [1.165, 1.54) is 12.1 Å². The van der Waals surface area contributed by atoms with E-state index in [0.29, 0.717) is 5.75 Å². The predicted octanol–water partition coefficient (Wildman–Crippen LogP) is 2.10. The monoisotopic (exact) mass is 315 g/mol. The molecule has 0 atom stereocenters. The third-order valence-electron chi connectivity index (χ3n) is 2.82. The molecule has 3 N–H and O–H groups in total. The van der Waals surface area contributed by atoms with E-state index in [1.807, 2.05) is 0 Å². The van der Waals surface area contributed by atoms with Gasteiger partial charge in [-0.1, -0.05) is 18.2 Å². The maximum Gasteiger partial charge on any atom is 0.335 e. The molecule has 0 aliphatic rings. The molecule has 0 fully saturated rings. The van der Waals surface area contributed by atoms with Gasteiger partial charge in [-0.25, -0.2) is 9.59 Å². The molecule has 118 valence electrons. The molecule has 2 aromatic rings. The molecule has 0 aliphatic heterocycles. The number of carboxylic acids is 2. The number of amides is 1. The minimum atomic E-state index is -1.29. The third-order valence-corrected chi connectivity index (χ3v) is 2.82. The van der Waals surface area contributed by atoms with Gasteiger partial charge in [0.25, 0.3) is 5.91 Å². The smallest absolute Gasteiger partial charge is 0.335 e. The molecule has 23 heavy (non-hydrogen) atoms. The van der Waals surface area contributed by atoms with E-state index in [-0.39, 0.29) is 23.4 Å². The average molecular weight is 315 g/mol. The maximum absolute atomic E-state index is 11.8. The zero-order valence-electron chi connectivity index (χ0n) is 11.9.